The number of benzene rings is 2. The Labute approximate surface area is 212 Å². The lowest BCUT2D eigenvalue weighted by Gasteiger charge is -2.17. The van der Waals surface area contributed by atoms with Crippen LogP contribution < -0.4 is 11.1 Å². The van der Waals surface area contributed by atoms with Gasteiger partial charge in [-0.2, -0.15) is 0 Å². The normalized spacial score (nSPS) is 12.5. The third-order valence-corrected chi connectivity index (χ3v) is 6.81. The number of hydrogen-bond donors (Lipinski definition) is 3. The lowest BCUT2D eigenvalue weighted by Crippen LogP contribution is -2.40. The van der Waals surface area contributed by atoms with Crippen molar-refractivity contribution < 1.29 is 14.7 Å². The monoisotopic (exact) mass is 517 g/mol. The molecular formula is C25H25Cl2N3O3S. The topological polar surface area (TPSA) is 105 Å². The molecule has 178 valence electrons. The zero-order chi connectivity index (χ0) is 24.7. The van der Waals surface area contributed by atoms with Crippen LogP contribution in [0.5, 0.6) is 0 Å². The molecule has 1 heterocycles. The number of hydrogen-bond acceptors (Lipinski definition) is 4. The van der Waals surface area contributed by atoms with E-state index >= 15 is 0 Å². The van der Waals surface area contributed by atoms with Crippen LogP contribution in [0.3, 0.4) is 0 Å². The van der Waals surface area contributed by atoms with Crippen molar-refractivity contribution in [2.45, 2.75) is 31.7 Å². The molecule has 3 aromatic rings. The molecule has 0 saturated carbocycles. The van der Waals surface area contributed by atoms with Crippen LogP contribution in [-0.4, -0.2) is 35.4 Å². The van der Waals surface area contributed by atoms with E-state index in [0.29, 0.717) is 33.7 Å². The number of rotatable bonds is 10. The van der Waals surface area contributed by atoms with Crippen molar-refractivity contribution in [3.63, 3.8) is 0 Å². The lowest BCUT2D eigenvalue weighted by molar-refractivity contribution is -0.139. The van der Waals surface area contributed by atoms with E-state index in [-0.39, 0.29) is 12.3 Å². The number of carboxylic acids is 1. The molecule has 0 aliphatic carbocycles. The molecule has 1 atom stereocenters. The largest absolute Gasteiger partial charge is 0.480 e. The number of thiophene rings is 1. The first-order chi connectivity index (χ1) is 16.2. The second-order valence-corrected chi connectivity index (χ2v) is 9.76. The van der Waals surface area contributed by atoms with Crippen molar-refractivity contribution in [2.75, 3.05) is 6.54 Å². The Kier molecular flexibility index (Phi) is 9.10. The number of nitrogens with zero attached hydrogens (tertiary/aromatic N) is 1. The van der Waals surface area contributed by atoms with Crippen LogP contribution in [0.1, 0.15) is 51.4 Å². The zero-order valence-corrected chi connectivity index (χ0v) is 20.8. The number of aliphatic carboxylic acids is 1. The molecule has 0 aliphatic rings. The summed E-state index contributed by atoms with van der Waals surface area (Å²) in [6.45, 7) is 2.08. The van der Waals surface area contributed by atoms with Gasteiger partial charge in [-0.3, -0.25) is 9.79 Å². The minimum atomic E-state index is -1.08. The number of carboxylic acid groups (broad SMARTS) is 1. The van der Waals surface area contributed by atoms with Crippen LogP contribution >= 0.6 is 34.5 Å². The highest BCUT2D eigenvalue weighted by Gasteiger charge is 2.24. The smallest absolute Gasteiger partial charge is 0.326 e. The Hall–Kier alpha value is -2.87. The Balaban J connectivity index is 1.81. The molecule has 0 radical (unpaired) electrons. The van der Waals surface area contributed by atoms with Crippen molar-refractivity contribution in [2.24, 2.45) is 10.7 Å². The van der Waals surface area contributed by atoms with Gasteiger partial charge in [-0.15, -0.1) is 11.3 Å². The van der Waals surface area contributed by atoms with Gasteiger partial charge in [-0.1, -0.05) is 47.5 Å². The van der Waals surface area contributed by atoms with E-state index in [4.69, 9.17) is 28.9 Å². The number of carbonyl (C=O) groups is 2. The maximum atomic E-state index is 12.9. The standard InChI is InChI=1S/C25H25Cl2N3O3S/c1-15(28)29-14-2-3-20(25(32)33)30-24(31)22-13-12-21(34-22)23(16-4-8-18(26)9-5-16)17-6-10-19(27)11-7-17/h4-13,20,23H,2-3,14H2,1H3,(H2,28,29)(H,30,31)(H,32,33)/t20-/m0/s1. The first kappa shape index (κ1) is 25.7. The van der Waals surface area contributed by atoms with Crippen LogP contribution in [0.25, 0.3) is 0 Å². The van der Waals surface area contributed by atoms with Gasteiger partial charge in [0.15, 0.2) is 0 Å². The summed E-state index contributed by atoms with van der Waals surface area (Å²) in [4.78, 5) is 29.9. The molecule has 2 aromatic carbocycles. The second-order valence-electron chi connectivity index (χ2n) is 7.77. The van der Waals surface area contributed by atoms with Gasteiger partial charge in [0.1, 0.15) is 6.04 Å². The molecule has 9 heteroatoms. The molecule has 1 amide bonds. The van der Waals surface area contributed by atoms with Crippen molar-refractivity contribution in [1.82, 2.24) is 5.32 Å². The molecule has 0 spiro atoms. The Morgan fingerprint density at radius 3 is 2.06 bits per heavy atom. The number of amidine groups is 1. The number of carbonyl (C=O) groups excluding carboxylic acids is 1. The first-order valence-corrected chi connectivity index (χ1v) is 12.2. The Bertz CT molecular complexity index is 1110. The predicted molar refractivity (Wildman–Crippen MR) is 138 cm³/mol. The van der Waals surface area contributed by atoms with Gasteiger partial charge in [0.05, 0.1) is 10.7 Å². The fourth-order valence-corrected chi connectivity index (χ4v) is 4.82. The quantitative estimate of drug-likeness (QED) is 0.185. The molecule has 0 aliphatic heterocycles. The maximum absolute atomic E-state index is 12.9. The predicted octanol–water partition coefficient (Wildman–Crippen LogP) is 5.58. The number of amides is 1. The summed E-state index contributed by atoms with van der Waals surface area (Å²) in [6, 6.07) is 17.7. The van der Waals surface area contributed by atoms with Crippen LogP contribution in [0.15, 0.2) is 65.7 Å². The average Bonchev–Trinajstić information content (AvgIpc) is 3.28. The Morgan fingerprint density at radius 2 is 1.56 bits per heavy atom. The number of aliphatic imine (C=N–C) groups is 1. The van der Waals surface area contributed by atoms with Gasteiger partial charge < -0.3 is 16.2 Å². The molecule has 4 N–H and O–H groups in total. The van der Waals surface area contributed by atoms with Crippen LogP contribution in [0, 0.1) is 0 Å². The van der Waals surface area contributed by atoms with Crippen molar-refractivity contribution in [3.05, 3.63) is 91.6 Å². The highest BCUT2D eigenvalue weighted by molar-refractivity contribution is 7.14. The molecule has 0 unspecified atom stereocenters. The van der Waals surface area contributed by atoms with Gasteiger partial charge >= 0.3 is 5.97 Å². The number of nitrogens with one attached hydrogen (secondary N) is 1. The summed E-state index contributed by atoms with van der Waals surface area (Å²) >= 11 is 13.5. The SMILES string of the molecule is CC(N)=NCCC[C@H](NC(=O)c1ccc(C(c2ccc(Cl)cc2)c2ccc(Cl)cc2)s1)C(=O)O. The molecule has 6 nitrogen and oxygen atoms in total. The average molecular weight is 518 g/mol. The first-order valence-electron chi connectivity index (χ1n) is 10.7. The summed E-state index contributed by atoms with van der Waals surface area (Å²) in [5, 5.41) is 13.4. The van der Waals surface area contributed by atoms with Gasteiger partial charge in [0.25, 0.3) is 5.91 Å². The molecule has 0 fully saturated rings. The van der Waals surface area contributed by atoms with Crippen molar-refractivity contribution in [1.29, 1.82) is 0 Å². The maximum Gasteiger partial charge on any atom is 0.326 e. The van der Waals surface area contributed by atoms with E-state index in [9.17, 15) is 14.7 Å². The van der Waals surface area contributed by atoms with Crippen molar-refractivity contribution in [3.8, 4) is 0 Å². The summed E-state index contributed by atoms with van der Waals surface area (Å²) in [7, 11) is 0. The second kappa shape index (κ2) is 12.0. The van der Waals surface area contributed by atoms with Crippen LogP contribution in [0.4, 0.5) is 0 Å². The highest BCUT2D eigenvalue weighted by atomic mass is 35.5. The van der Waals surface area contributed by atoms with Crippen LogP contribution in [-0.2, 0) is 4.79 Å². The number of nitrogens with two attached hydrogens (primary N) is 1. The van der Waals surface area contributed by atoms with Gasteiger partial charge in [-0.05, 0) is 67.3 Å². The number of halogens is 2. The summed E-state index contributed by atoms with van der Waals surface area (Å²) < 4.78 is 0. The van der Waals surface area contributed by atoms with E-state index in [0.717, 1.165) is 16.0 Å². The summed E-state index contributed by atoms with van der Waals surface area (Å²) in [6.07, 6.45) is 0.755. The van der Waals surface area contributed by atoms with Crippen LogP contribution in [0.2, 0.25) is 10.0 Å². The van der Waals surface area contributed by atoms with E-state index in [1.54, 1.807) is 13.0 Å². The molecule has 1 aromatic heterocycles. The Morgan fingerprint density at radius 1 is 1.00 bits per heavy atom. The lowest BCUT2D eigenvalue weighted by atomic mass is 9.90. The molecule has 0 saturated heterocycles. The van der Waals surface area contributed by atoms with E-state index in [1.807, 2.05) is 54.6 Å². The van der Waals surface area contributed by atoms with Gasteiger partial charge in [0, 0.05) is 27.4 Å². The highest BCUT2D eigenvalue weighted by Crippen LogP contribution is 2.37. The molecule has 34 heavy (non-hydrogen) atoms. The third kappa shape index (κ3) is 7.06. The molecule has 3 rings (SSSR count). The van der Waals surface area contributed by atoms with E-state index in [1.165, 1.54) is 11.3 Å². The zero-order valence-electron chi connectivity index (χ0n) is 18.5. The fourth-order valence-electron chi connectivity index (χ4n) is 3.50. The minimum absolute atomic E-state index is 0.131. The summed E-state index contributed by atoms with van der Waals surface area (Å²) in [5.74, 6) is -1.20. The molecular weight excluding hydrogens is 493 g/mol. The molecule has 0 bridgehead atoms. The van der Waals surface area contributed by atoms with Gasteiger partial charge in [0.2, 0.25) is 0 Å². The fraction of sp³-hybridized carbons (Fsp3) is 0.240. The van der Waals surface area contributed by atoms with E-state index < -0.39 is 17.9 Å². The third-order valence-electron chi connectivity index (χ3n) is 5.16. The minimum Gasteiger partial charge on any atom is -0.480 e. The van der Waals surface area contributed by atoms with Gasteiger partial charge in [-0.25, -0.2) is 4.79 Å². The van der Waals surface area contributed by atoms with Crippen molar-refractivity contribution >= 4 is 52.3 Å². The summed E-state index contributed by atoms with van der Waals surface area (Å²) in [5.41, 5.74) is 7.53. The van der Waals surface area contributed by atoms with E-state index in [2.05, 4.69) is 10.3 Å².